The number of carbonyl (C=O) groups excluding carboxylic acids is 2. The molecule has 2 aromatic heterocycles. The number of pyridine rings is 1. The summed E-state index contributed by atoms with van der Waals surface area (Å²) in [6.45, 7) is 0. The van der Waals surface area contributed by atoms with Gasteiger partial charge in [-0.05, 0) is 30.0 Å². The molecule has 8 heteroatoms. The fourth-order valence-electron chi connectivity index (χ4n) is 2.71. The highest BCUT2D eigenvalue weighted by Gasteiger charge is 2.25. The van der Waals surface area contributed by atoms with Crippen molar-refractivity contribution in [3.8, 4) is 23.3 Å². The lowest BCUT2D eigenvalue weighted by Gasteiger charge is -2.04. The minimum atomic E-state index is -0.439. The van der Waals surface area contributed by atoms with Gasteiger partial charge in [-0.3, -0.25) is 19.9 Å². The monoisotopic (exact) mass is 406 g/mol. The van der Waals surface area contributed by atoms with Gasteiger partial charge >= 0.3 is 0 Å². The molecule has 3 heterocycles. The fraction of sp³-hybridized carbons (Fsp3) is 0.0952. The van der Waals surface area contributed by atoms with Crippen LogP contribution in [-0.4, -0.2) is 30.3 Å². The van der Waals surface area contributed by atoms with Gasteiger partial charge in [-0.15, -0.1) is 0 Å². The van der Waals surface area contributed by atoms with Crippen molar-refractivity contribution in [3.05, 3.63) is 58.5 Å². The smallest absolute Gasteiger partial charge is 0.290 e. The highest BCUT2D eigenvalue weighted by atomic mass is 32.2. The Balaban J connectivity index is 1.71. The van der Waals surface area contributed by atoms with Crippen LogP contribution in [0.5, 0.6) is 11.5 Å². The van der Waals surface area contributed by atoms with E-state index in [9.17, 15) is 9.59 Å². The number of aromatic nitrogens is 1. The molecule has 0 bridgehead atoms. The quantitative estimate of drug-likeness (QED) is 0.525. The maximum Gasteiger partial charge on any atom is 0.290 e. The van der Waals surface area contributed by atoms with Crippen LogP contribution in [0.2, 0.25) is 0 Å². The predicted molar refractivity (Wildman–Crippen MR) is 109 cm³/mol. The first kappa shape index (κ1) is 18.7. The number of ether oxygens (including phenoxy) is 2. The molecule has 7 nitrogen and oxygen atoms in total. The van der Waals surface area contributed by atoms with E-state index in [1.54, 1.807) is 50.9 Å². The molecule has 1 saturated heterocycles. The van der Waals surface area contributed by atoms with Crippen molar-refractivity contribution in [1.82, 2.24) is 10.3 Å². The molecule has 0 aliphatic carbocycles. The Morgan fingerprint density at radius 3 is 2.48 bits per heavy atom. The summed E-state index contributed by atoms with van der Waals surface area (Å²) in [6, 6.07) is 7.11. The second kappa shape index (κ2) is 7.73. The Morgan fingerprint density at radius 2 is 1.83 bits per heavy atom. The number of hydrogen-bond donors (Lipinski definition) is 1. The molecule has 0 saturated carbocycles. The molecule has 0 unspecified atom stereocenters. The molecule has 1 N–H and O–H groups in total. The number of amides is 2. The second-order valence-corrected chi connectivity index (χ2v) is 6.97. The number of thioether (sulfide) groups is 1. The Bertz CT molecular complexity index is 1210. The fourth-order valence-corrected chi connectivity index (χ4v) is 3.37. The maximum absolute atomic E-state index is 11.7. The van der Waals surface area contributed by atoms with Crippen molar-refractivity contribution in [3.63, 3.8) is 0 Å². The summed E-state index contributed by atoms with van der Waals surface area (Å²) in [5.74, 6) is 7.38. The van der Waals surface area contributed by atoms with Crippen molar-refractivity contribution < 1.29 is 23.5 Å². The first-order valence-corrected chi connectivity index (χ1v) is 9.25. The van der Waals surface area contributed by atoms with E-state index in [2.05, 4.69) is 22.1 Å². The zero-order valence-electron chi connectivity index (χ0n) is 15.4. The lowest BCUT2D eigenvalue weighted by molar-refractivity contribution is -0.115. The number of nitrogens with one attached hydrogen (secondary N) is 1. The first-order chi connectivity index (χ1) is 14.1. The van der Waals surface area contributed by atoms with Crippen molar-refractivity contribution in [2.45, 2.75) is 0 Å². The van der Waals surface area contributed by atoms with E-state index in [4.69, 9.17) is 13.9 Å². The molecule has 1 aromatic carbocycles. The van der Waals surface area contributed by atoms with Gasteiger partial charge in [0.15, 0.2) is 5.58 Å². The van der Waals surface area contributed by atoms with E-state index >= 15 is 0 Å². The van der Waals surface area contributed by atoms with Crippen molar-refractivity contribution in [2.75, 3.05) is 14.2 Å². The number of carbonyl (C=O) groups is 2. The van der Waals surface area contributed by atoms with Gasteiger partial charge in [0.25, 0.3) is 11.1 Å². The number of nitrogens with zero attached hydrogens (tertiary/aromatic N) is 1. The standard InChI is InChI=1S/C21H14N2O5S/c1-26-15-5-12(6-16(8-15)27-2)3-4-13-10-22-11-14-7-17(28-19(13)14)9-18-20(24)23-21(25)29-18/h5-11H,1-2H3,(H,23,24,25)/b18-9-. The largest absolute Gasteiger partial charge is 0.497 e. The van der Waals surface area contributed by atoms with Gasteiger partial charge in [-0.2, -0.15) is 0 Å². The van der Waals surface area contributed by atoms with Gasteiger partial charge in [0.2, 0.25) is 0 Å². The predicted octanol–water partition coefficient (Wildman–Crippen LogP) is 3.57. The summed E-state index contributed by atoms with van der Waals surface area (Å²) in [5, 5.41) is 2.54. The molecule has 2 amide bonds. The third kappa shape index (κ3) is 3.95. The van der Waals surface area contributed by atoms with E-state index in [1.807, 2.05) is 0 Å². The molecular formula is C21H14N2O5S. The van der Waals surface area contributed by atoms with Crippen molar-refractivity contribution >= 4 is 40.0 Å². The summed E-state index contributed by atoms with van der Waals surface area (Å²) in [7, 11) is 3.15. The lowest BCUT2D eigenvalue weighted by Crippen LogP contribution is -2.17. The Labute approximate surface area is 170 Å². The third-order valence-corrected chi connectivity index (χ3v) is 4.86. The summed E-state index contributed by atoms with van der Waals surface area (Å²) < 4.78 is 16.4. The lowest BCUT2D eigenvalue weighted by atomic mass is 10.1. The van der Waals surface area contributed by atoms with Crippen LogP contribution in [-0.2, 0) is 4.79 Å². The van der Waals surface area contributed by atoms with Crippen LogP contribution in [0, 0.1) is 11.8 Å². The van der Waals surface area contributed by atoms with Crippen molar-refractivity contribution in [2.24, 2.45) is 0 Å². The average Bonchev–Trinajstić information content (AvgIpc) is 3.28. The van der Waals surface area contributed by atoms with Crippen LogP contribution < -0.4 is 14.8 Å². The summed E-state index contributed by atoms with van der Waals surface area (Å²) >= 11 is 0.831. The molecule has 0 atom stereocenters. The summed E-state index contributed by atoms with van der Waals surface area (Å²) in [4.78, 5) is 27.5. The minimum absolute atomic E-state index is 0.276. The van der Waals surface area contributed by atoms with Crippen LogP contribution in [0.4, 0.5) is 4.79 Å². The van der Waals surface area contributed by atoms with E-state index in [0.717, 1.165) is 17.1 Å². The molecule has 0 spiro atoms. The number of imide groups is 1. The molecule has 144 valence electrons. The normalized spacial score (nSPS) is 14.6. The Kier molecular flexibility index (Phi) is 4.97. The number of hydrogen-bond acceptors (Lipinski definition) is 7. The number of fused-ring (bicyclic) bond motifs is 1. The van der Waals surface area contributed by atoms with Gasteiger partial charge in [0.1, 0.15) is 17.3 Å². The molecule has 3 aromatic rings. The molecule has 1 aliphatic heterocycles. The molecule has 4 rings (SSSR count). The van der Waals surface area contributed by atoms with E-state index in [-0.39, 0.29) is 4.91 Å². The van der Waals surface area contributed by atoms with Gasteiger partial charge in [-0.1, -0.05) is 11.8 Å². The van der Waals surface area contributed by atoms with Crippen LogP contribution in [0.3, 0.4) is 0 Å². The molecule has 1 aliphatic rings. The number of benzene rings is 1. The summed E-state index contributed by atoms with van der Waals surface area (Å²) in [6.07, 6.45) is 4.77. The first-order valence-electron chi connectivity index (χ1n) is 8.43. The van der Waals surface area contributed by atoms with Gasteiger partial charge in [0.05, 0.1) is 24.7 Å². The molecule has 0 radical (unpaired) electrons. The zero-order valence-corrected chi connectivity index (χ0v) is 16.3. The minimum Gasteiger partial charge on any atom is -0.497 e. The van der Waals surface area contributed by atoms with Crippen LogP contribution in [0.25, 0.3) is 17.0 Å². The third-order valence-electron chi connectivity index (χ3n) is 4.05. The van der Waals surface area contributed by atoms with Crippen LogP contribution in [0.1, 0.15) is 16.9 Å². The highest BCUT2D eigenvalue weighted by molar-refractivity contribution is 8.18. The zero-order chi connectivity index (χ0) is 20.4. The number of furan rings is 1. The van der Waals surface area contributed by atoms with Gasteiger partial charge < -0.3 is 13.9 Å². The Hall–Kier alpha value is -3.70. The molecule has 29 heavy (non-hydrogen) atoms. The summed E-state index contributed by atoms with van der Waals surface area (Å²) in [5.41, 5.74) is 1.85. The Morgan fingerprint density at radius 1 is 1.07 bits per heavy atom. The van der Waals surface area contributed by atoms with Gasteiger partial charge in [0, 0.05) is 35.5 Å². The number of methoxy groups -OCH3 is 2. The highest BCUT2D eigenvalue weighted by Crippen LogP contribution is 2.29. The van der Waals surface area contributed by atoms with Crippen molar-refractivity contribution in [1.29, 1.82) is 0 Å². The molecular weight excluding hydrogens is 392 g/mol. The average molecular weight is 406 g/mol. The maximum atomic E-state index is 11.7. The number of rotatable bonds is 3. The van der Waals surface area contributed by atoms with E-state index in [0.29, 0.717) is 34.0 Å². The van der Waals surface area contributed by atoms with E-state index in [1.165, 1.54) is 6.08 Å². The molecule has 1 fully saturated rings. The topological polar surface area (TPSA) is 90.7 Å². The van der Waals surface area contributed by atoms with E-state index < -0.39 is 11.1 Å². The SMILES string of the molecule is COc1cc(C#Cc2cncc3cc(/C=C4\SC(=O)NC4=O)oc23)cc(OC)c1. The van der Waals surface area contributed by atoms with Crippen LogP contribution >= 0.6 is 11.8 Å². The second-order valence-electron chi connectivity index (χ2n) is 5.96. The van der Waals surface area contributed by atoms with Crippen LogP contribution in [0.15, 0.2) is 46.0 Å². The van der Waals surface area contributed by atoms with Gasteiger partial charge in [-0.25, -0.2) is 0 Å².